The van der Waals surface area contributed by atoms with Gasteiger partial charge in [0.15, 0.2) is 12.1 Å². The Morgan fingerprint density at radius 3 is 2.30 bits per heavy atom. The van der Waals surface area contributed by atoms with Crippen LogP contribution in [0.3, 0.4) is 0 Å². The third-order valence-electron chi connectivity index (χ3n) is 5.24. The molecule has 0 unspecified atom stereocenters. The summed E-state index contributed by atoms with van der Waals surface area (Å²) in [5.74, 6) is -1.12. The maximum Gasteiger partial charge on any atom is 0.263 e. The van der Waals surface area contributed by atoms with Gasteiger partial charge in [-0.1, -0.05) is 41.1 Å². The van der Waals surface area contributed by atoms with Gasteiger partial charge in [0.1, 0.15) is 6.54 Å². The van der Waals surface area contributed by atoms with Crippen LogP contribution < -0.4 is 10.2 Å². The van der Waals surface area contributed by atoms with Crippen molar-refractivity contribution in [1.29, 1.82) is 0 Å². The average molecular weight is 405 g/mol. The summed E-state index contributed by atoms with van der Waals surface area (Å²) in [5.41, 5.74) is 4.55. The van der Waals surface area contributed by atoms with E-state index in [0.717, 1.165) is 27.2 Å². The molecule has 1 N–H and O–H groups in total. The van der Waals surface area contributed by atoms with E-state index in [4.69, 9.17) is 0 Å². The quantitative estimate of drug-likeness (QED) is 0.772. The van der Waals surface area contributed by atoms with Gasteiger partial charge >= 0.3 is 0 Å². The van der Waals surface area contributed by atoms with Gasteiger partial charge in [0, 0.05) is 6.54 Å². The van der Waals surface area contributed by atoms with Crippen LogP contribution in [-0.2, 0) is 20.9 Å². The lowest BCUT2D eigenvalue weighted by atomic mass is 10.1. The molecule has 0 bridgehead atoms. The molecule has 2 heterocycles. The predicted molar refractivity (Wildman–Crippen MR) is 111 cm³/mol. The second-order valence-corrected chi connectivity index (χ2v) is 7.81. The van der Waals surface area contributed by atoms with E-state index in [-0.39, 0.29) is 12.5 Å². The zero-order valence-electron chi connectivity index (χ0n) is 17.1. The minimum absolute atomic E-state index is 0.143. The molecule has 1 saturated heterocycles. The first kappa shape index (κ1) is 19.8. The number of rotatable bonds is 5. The van der Waals surface area contributed by atoms with Crippen LogP contribution in [0.2, 0.25) is 0 Å². The summed E-state index contributed by atoms with van der Waals surface area (Å²) in [6.45, 7) is 6.05. The number of aryl methyl sites for hydroxylation is 3. The Morgan fingerprint density at radius 1 is 0.967 bits per heavy atom. The highest BCUT2D eigenvalue weighted by Gasteiger charge is 2.55. The lowest BCUT2D eigenvalue weighted by Crippen LogP contribution is -2.44. The van der Waals surface area contributed by atoms with E-state index in [1.165, 1.54) is 5.01 Å². The fourth-order valence-corrected chi connectivity index (χ4v) is 3.80. The topological polar surface area (TPSA) is 94.4 Å². The number of nitrogens with zero attached hydrogens (tertiary/aromatic N) is 4. The van der Waals surface area contributed by atoms with E-state index < -0.39 is 23.9 Å². The number of hydrogen-bond acceptors (Lipinski definition) is 6. The number of carbonyl (C=O) groups is 3. The molecule has 8 nitrogen and oxygen atoms in total. The average Bonchev–Trinajstić information content (AvgIpc) is 3.20. The van der Waals surface area contributed by atoms with Crippen molar-refractivity contribution in [3.05, 3.63) is 64.7 Å². The SMILES string of the molecule is Cc1ccc(CNC(=O)CN2N=N[C@@H]3C(=O)N(c4cc(C)cc(C)c4)C(=O)[C@@H]32)cc1. The second kappa shape index (κ2) is 7.70. The molecule has 8 heteroatoms. The highest BCUT2D eigenvalue weighted by molar-refractivity contribution is 6.25. The standard InChI is InChI=1S/C22H23N5O3/c1-13-4-6-16(7-5-13)11-23-18(28)12-26-20-19(24-25-26)21(29)27(22(20)30)17-9-14(2)8-15(3)10-17/h4-10,19-20H,11-12H2,1-3H3,(H,23,28)/t19-,20+/m0/s1. The highest BCUT2D eigenvalue weighted by Crippen LogP contribution is 2.32. The zero-order valence-corrected chi connectivity index (χ0v) is 17.1. The van der Waals surface area contributed by atoms with Crippen molar-refractivity contribution in [2.75, 3.05) is 11.4 Å². The Morgan fingerprint density at radius 2 is 1.63 bits per heavy atom. The van der Waals surface area contributed by atoms with Crippen LogP contribution in [0.4, 0.5) is 5.69 Å². The number of hydrogen-bond donors (Lipinski definition) is 1. The lowest BCUT2D eigenvalue weighted by Gasteiger charge is -2.20. The fraction of sp³-hybridized carbons (Fsp3) is 0.318. The van der Waals surface area contributed by atoms with Gasteiger partial charge in [0.05, 0.1) is 5.69 Å². The van der Waals surface area contributed by atoms with E-state index in [1.54, 1.807) is 12.1 Å². The number of imide groups is 1. The van der Waals surface area contributed by atoms with Gasteiger partial charge in [-0.05, 0) is 49.6 Å². The van der Waals surface area contributed by atoms with Crippen molar-refractivity contribution in [1.82, 2.24) is 10.3 Å². The van der Waals surface area contributed by atoms with Gasteiger partial charge in [0.25, 0.3) is 11.8 Å². The number of fused-ring (bicyclic) bond motifs is 1. The second-order valence-electron chi connectivity index (χ2n) is 7.81. The first-order valence-corrected chi connectivity index (χ1v) is 9.79. The van der Waals surface area contributed by atoms with Crippen LogP contribution in [0.15, 0.2) is 52.8 Å². The Labute approximate surface area is 174 Å². The molecule has 3 amide bonds. The van der Waals surface area contributed by atoms with E-state index >= 15 is 0 Å². The monoisotopic (exact) mass is 405 g/mol. The van der Waals surface area contributed by atoms with Crippen LogP contribution in [0, 0.1) is 20.8 Å². The molecule has 0 aromatic heterocycles. The van der Waals surface area contributed by atoms with Crippen molar-refractivity contribution in [3.8, 4) is 0 Å². The Kier molecular flexibility index (Phi) is 5.07. The molecule has 30 heavy (non-hydrogen) atoms. The molecule has 0 radical (unpaired) electrons. The van der Waals surface area contributed by atoms with Gasteiger partial charge in [-0.15, -0.1) is 0 Å². The molecule has 4 rings (SSSR count). The van der Waals surface area contributed by atoms with E-state index in [0.29, 0.717) is 12.2 Å². The third-order valence-corrected chi connectivity index (χ3v) is 5.24. The van der Waals surface area contributed by atoms with Crippen molar-refractivity contribution >= 4 is 23.4 Å². The zero-order chi connectivity index (χ0) is 21.4. The maximum absolute atomic E-state index is 13.0. The summed E-state index contributed by atoms with van der Waals surface area (Å²) >= 11 is 0. The van der Waals surface area contributed by atoms with Crippen LogP contribution in [0.5, 0.6) is 0 Å². The van der Waals surface area contributed by atoms with Crippen LogP contribution in [-0.4, -0.2) is 41.4 Å². The Balaban J connectivity index is 1.44. The number of carbonyl (C=O) groups excluding carboxylic acids is 3. The molecule has 1 fully saturated rings. The van der Waals surface area contributed by atoms with E-state index in [1.807, 2.05) is 51.1 Å². The molecule has 0 saturated carbocycles. The number of nitrogens with one attached hydrogen (secondary N) is 1. The summed E-state index contributed by atoms with van der Waals surface area (Å²) in [6, 6.07) is 11.6. The number of amides is 3. The van der Waals surface area contributed by atoms with Crippen molar-refractivity contribution in [2.24, 2.45) is 10.3 Å². The molecule has 2 aliphatic rings. The summed E-state index contributed by atoms with van der Waals surface area (Å²) in [4.78, 5) is 39.4. The summed E-state index contributed by atoms with van der Waals surface area (Å²) in [6.07, 6.45) is 0. The minimum Gasteiger partial charge on any atom is -0.350 e. The fourth-order valence-electron chi connectivity index (χ4n) is 3.80. The van der Waals surface area contributed by atoms with Crippen molar-refractivity contribution in [3.63, 3.8) is 0 Å². The van der Waals surface area contributed by atoms with Crippen LogP contribution >= 0.6 is 0 Å². The van der Waals surface area contributed by atoms with Gasteiger partial charge in [-0.3, -0.25) is 19.4 Å². The minimum atomic E-state index is -0.914. The summed E-state index contributed by atoms with van der Waals surface area (Å²) in [7, 11) is 0. The first-order valence-electron chi connectivity index (χ1n) is 9.79. The predicted octanol–water partition coefficient (Wildman–Crippen LogP) is 2.22. The molecular formula is C22H23N5O3. The van der Waals surface area contributed by atoms with Gasteiger partial charge < -0.3 is 5.32 Å². The normalized spacial score (nSPS) is 20.1. The molecule has 2 atom stereocenters. The van der Waals surface area contributed by atoms with Crippen molar-refractivity contribution < 1.29 is 14.4 Å². The molecule has 154 valence electrons. The van der Waals surface area contributed by atoms with Crippen LogP contribution in [0.25, 0.3) is 0 Å². The third kappa shape index (κ3) is 3.68. The highest BCUT2D eigenvalue weighted by atomic mass is 16.2. The smallest absolute Gasteiger partial charge is 0.263 e. The molecule has 2 aromatic rings. The lowest BCUT2D eigenvalue weighted by molar-refractivity contribution is -0.125. The van der Waals surface area contributed by atoms with Crippen molar-refractivity contribution in [2.45, 2.75) is 39.4 Å². The van der Waals surface area contributed by atoms with Gasteiger partial charge in [-0.25, -0.2) is 4.90 Å². The Hall–Kier alpha value is -3.55. The van der Waals surface area contributed by atoms with Gasteiger partial charge in [0.2, 0.25) is 5.91 Å². The largest absolute Gasteiger partial charge is 0.350 e. The molecule has 2 aromatic carbocycles. The summed E-state index contributed by atoms with van der Waals surface area (Å²) in [5, 5.41) is 12.0. The molecule has 0 spiro atoms. The molecule has 0 aliphatic carbocycles. The number of anilines is 1. The van der Waals surface area contributed by atoms with E-state index in [2.05, 4.69) is 15.7 Å². The summed E-state index contributed by atoms with van der Waals surface area (Å²) < 4.78 is 0. The van der Waals surface area contributed by atoms with Gasteiger partial charge in [-0.2, -0.15) is 5.11 Å². The van der Waals surface area contributed by atoms with Crippen LogP contribution in [0.1, 0.15) is 22.3 Å². The van der Waals surface area contributed by atoms with E-state index in [9.17, 15) is 14.4 Å². The maximum atomic E-state index is 13.0. The molecular weight excluding hydrogens is 382 g/mol. The number of benzene rings is 2. The molecule has 2 aliphatic heterocycles. The Bertz CT molecular complexity index is 1030. The first-order chi connectivity index (χ1) is 14.3.